The van der Waals surface area contributed by atoms with E-state index in [0.717, 1.165) is 35.8 Å². The molecule has 6 nitrogen and oxygen atoms in total. The maximum absolute atomic E-state index is 12.2. The van der Waals surface area contributed by atoms with Gasteiger partial charge >= 0.3 is 5.63 Å². The molecule has 2 aromatic rings. The monoisotopic (exact) mass is 345 g/mol. The van der Waals surface area contributed by atoms with Crippen LogP contribution in [0.5, 0.6) is 5.75 Å². The molecule has 1 aliphatic rings. The molecular weight excluding hydrogens is 322 g/mol. The number of rotatable bonds is 6. The first kappa shape index (κ1) is 17.5. The van der Waals surface area contributed by atoms with Gasteiger partial charge in [-0.25, -0.2) is 4.79 Å². The molecule has 0 radical (unpaired) electrons. The van der Waals surface area contributed by atoms with Gasteiger partial charge in [0.2, 0.25) is 0 Å². The lowest BCUT2D eigenvalue weighted by molar-refractivity contribution is -0.704. The number of phenolic OH excluding ortho intramolecular Hbond substituents is 1. The van der Waals surface area contributed by atoms with Crippen molar-refractivity contribution in [2.24, 2.45) is 5.92 Å². The first-order chi connectivity index (χ1) is 11.9. The number of hydrogen-bond acceptors (Lipinski definition) is 5. The summed E-state index contributed by atoms with van der Waals surface area (Å²) in [5.41, 5.74) is 2.18. The summed E-state index contributed by atoms with van der Waals surface area (Å²) in [6.45, 7) is 3.98. The Morgan fingerprint density at radius 3 is 2.76 bits per heavy atom. The van der Waals surface area contributed by atoms with E-state index < -0.39 is 12.0 Å². The van der Waals surface area contributed by atoms with Gasteiger partial charge in [-0.2, -0.15) is 0 Å². The van der Waals surface area contributed by atoms with Crippen LogP contribution in [0.2, 0.25) is 0 Å². The van der Waals surface area contributed by atoms with Crippen molar-refractivity contribution in [2.45, 2.75) is 52.1 Å². The molecule has 3 rings (SSSR count). The first-order valence-corrected chi connectivity index (χ1v) is 8.77. The molecule has 0 saturated carbocycles. The standard InChI is InChI=1S/C19H23NO5/c1-3-10(2)16(18(22)23)20-9-14-15(21)8-7-12-11-5-4-6-13(11)19(24)25-17(12)14/h7-8,10,16,20-21H,3-6,9H2,1-2H3,(H,22,23)/t10-,16+/m1/s1. The average Bonchev–Trinajstić information content (AvgIpc) is 3.07. The molecule has 0 amide bonds. The molecule has 25 heavy (non-hydrogen) atoms. The Balaban J connectivity index is 2.01. The molecule has 0 fully saturated rings. The van der Waals surface area contributed by atoms with E-state index in [9.17, 15) is 19.8 Å². The van der Waals surface area contributed by atoms with Crippen molar-refractivity contribution in [3.8, 4) is 5.75 Å². The highest BCUT2D eigenvalue weighted by molar-refractivity contribution is 5.86. The molecule has 1 aromatic heterocycles. The summed E-state index contributed by atoms with van der Waals surface area (Å²) in [4.78, 5) is 23.6. The maximum atomic E-state index is 12.2. The molecule has 1 aliphatic carbocycles. The van der Waals surface area contributed by atoms with E-state index in [1.54, 1.807) is 17.4 Å². The summed E-state index contributed by atoms with van der Waals surface area (Å²) in [5, 5.41) is 24.1. The summed E-state index contributed by atoms with van der Waals surface area (Å²) in [6, 6.07) is 2.63. The van der Waals surface area contributed by atoms with Crippen LogP contribution >= 0.6 is 0 Å². The number of carbonyl (C=O) groups excluding carboxylic acids is 1. The number of hydrogen-bond donors (Lipinski definition) is 2. The van der Waals surface area contributed by atoms with Gasteiger partial charge in [-0.05, 0) is 43.4 Å². The Kier molecular flexibility index (Phi) is 4.81. The van der Waals surface area contributed by atoms with E-state index in [0.29, 0.717) is 17.6 Å². The molecule has 134 valence electrons. The predicted molar refractivity (Wildman–Crippen MR) is 90.1 cm³/mol. The number of aliphatic carboxylic acids is 1. The summed E-state index contributed by atoms with van der Waals surface area (Å²) in [7, 11) is 0. The van der Waals surface area contributed by atoms with Gasteiger partial charge in [0.15, 0.2) is 5.58 Å². The van der Waals surface area contributed by atoms with Crippen LogP contribution in [0.3, 0.4) is 0 Å². The van der Waals surface area contributed by atoms with Crippen molar-refractivity contribution < 1.29 is 24.7 Å². The minimum atomic E-state index is -1.13. The molecule has 6 heteroatoms. The number of nitrogens with two attached hydrogens (primary N) is 1. The number of carbonyl (C=O) groups is 1. The number of benzene rings is 1. The fourth-order valence-electron chi connectivity index (χ4n) is 3.65. The van der Waals surface area contributed by atoms with Gasteiger partial charge in [0.05, 0.1) is 11.5 Å². The maximum Gasteiger partial charge on any atom is 0.339 e. The van der Waals surface area contributed by atoms with Crippen molar-refractivity contribution in [2.75, 3.05) is 0 Å². The van der Waals surface area contributed by atoms with Crippen LogP contribution in [0.25, 0.3) is 11.0 Å². The number of aromatic hydroxyl groups is 1. The third kappa shape index (κ3) is 3.14. The number of fused-ring (bicyclic) bond motifs is 3. The second-order valence-corrected chi connectivity index (χ2v) is 6.81. The third-order valence-electron chi connectivity index (χ3n) is 5.32. The number of carboxylic acid groups (broad SMARTS) is 1. The zero-order chi connectivity index (χ0) is 18.1. The normalized spacial score (nSPS) is 15.9. The zero-order valence-electron chi connectivity index (χ0n) is 14.5. The highest BCUT2D eigenvalue weighted by atomic mass is 16.4. The van der Waals surface area contributed by atoms with Crippen molar-refractivity contribution >= 4 is 16.9 Å². The highest BCUT2D eigenvalue weighted by Gasteiger charge is 2.25. The quantitative estimate of drug-likeness (QED) is 0.728. The average molecular weight is 345 g/mol. The minimum absolute atomic E-state index is 0.00564. The minimum Gasteiger partial charge on any atom is -0.544 e. The van der Waals surface area contributed by atoms with E-state index in [1.165, 1.54) is 0 Å². The van der Waals surface area contributed by atoms with Crippen LogP contribution < -0.4 is 16.0 Å². The number of aryl methyl sites for hydroxylation is 1. The second kappa shape index (κ2) is 6.88. The fraction of sp³-hybridized carbons (Fsp3) is 0.474. The molecule has 0 saturated heterocycles. The predicted octanol–water partition coefficient (Wildman–Crippen LogP) is 0.215. The first-order valence-electron chi connectivity index (χ1n) is 8.77. The molecular formula is C19H23NO5. The molecule has 0 spiro atoms. The van der Waals surface area contributed by atoms with Crippen LogP contribution in [0.4, 0.5) is 0 Å². The van der Waals surface area contributed by atoms with Gasteiger partial charge in [-0.1, -0.05) is 13.8 Å². The Labute approximate surface area is 145 Å². The van der Waals surface area contributed by atoms with Gasteiger partial charge in [0.1, 0.15) is 18.3 Å². The zero-order valence-corrected chi connectivity index (χ0v) is 14.5. The van der Waals surface area contributed by atoms with Crippen LogP contribution in [0.1, 0.15) is 43.4 Å². The number of quaternary nitrogens is 1. The molecule has 3 N–H and O–H groups in total. The summed E-state index contributed by atoms with van der Waals surface area (Å²) >= 11 is 0. The van der Waals surface area contributed by atoms with Crippen LogP contribution in [-0.2, 0) is 24.2 Å². The SMILES string of the molecule is CC[C@@H](C)[C@H]([NH2+]Cc1c(O)ccc2c3c(c(=O)oc12)CCC3)C(=O)[O-]. The van der Waals surface area contributed by atoms with Crippen LogP contribution in [0.15, 0.2) is 21.3 Å². The van der Waals surface area contributed by atoms with Gasteiger partial charge < -0.3 is 24.7 Å². The van der Waals surface area contributed by atoms with E-state index in [2.05, 4.69) is 0 Å². The summed E-state index contributed by atoms with van der Waals surface area (Å²) < 4.78 is 5.50. The van der Waals surface area contributed by atoms with Crippen LogP contribution in [0, 0.1) is 5.92 Å². The largest absolute Gasteiger partial charge is 0.544 e. The number of carboxylic acids is 1. The Bertz CT molecular complexity index is 870. The van der Waals surface area contributed by atoms with Crippen molar-refractivity contribution in [1.82, 2.24) is 0 Å². The van der Waals surface area contributed by atoms with E-state index in [4.69, 9.17) is 4.42 Å². The summed E-state index contributed by atoms with van der Waals surface area (Å²) in [6.07, 6.45) is 3.16. The van der Waals surface area contributed by atoms with Gasteiger partial charge in [0, 0.05) is 16.9 Å². The Morgan fingerprint density at radius 2 is 2.08 bits per heavy atom. The Hall–Kier alpha value is -2.34. The lowest BCUT2D eigenvalue weighted by atomic mass is 9.98. The molecule has 0 aliphatic heterocycles. The fourth-order valence-corrected chi connectivity index (χ4v) is 3.65. The molecule has 1 heterocycles. The smallest absolute Gasteiger partial charge is 0.339 e. The van der Waals surface area contributed by atoms with E-state index in [-0.39, 0.29) is 23.8 Å². The topological polar surface area (TPSA) is 107 Å². The number of phenols is 1. The second-order valence-electron chi connectivity index (χ2n) is 6.81. The van der Waals surface area contributed by atoms with Gasteiger partial charge in [0.25, 0.3) is 0 Å². The third-order valence-corrected chi connectivity index (χ3v) is 5.32. The van der Waals surface area contributed by atoms with Crippen LogP contribution in [-0.4, -0.2) is 17.1 Å². The highest BCUT2D eigenvalue weighted by Crippen LogP contribution is 2.32. The van der Waals surface area contributed by atoms with Gasteiger partial charge in [-0.3, -0.25) is 0 Å². The van der Waals surface area contributed by atoms with E-state index in [1.807, 2.05) is 13.8 Å². The summed E-state index contributed by atoms with van der Waals surface area (Å²) in [5.74, 6) is -1.19. The van der Waals surface area contributed by atoms with Crippen molar-refractivity contribution in [3.05, 3.63) is 39.2 Å². The Morgan fingerprint density at radius 1 is 1.36 bits per heavy atom. The molecule has 2 atom stereocenters. The lowest BCUT2D eigenvalue weighted by Gasteiger charge is -2.22. The molecule has 0 unspecified atom stereocenters. The van der Waals surface area contributed by atoms with E-state index >= 15 is 0 Å². The van der Waals surface area contributed by atoms with Crippen molar-refractivity contribution in [3.63, 3.8) is 0 Å². The molecule has 1 aromatic carbocycles. The van der Waals surface area contributed by atoms with Gasteiger partial charge in [-0.15, -0.1) is 0 Å². The lowest BCUT2D eigenvalue weighted by Crippen LogP contribution is -2.93. The van der Waals surface area contributed by atoms with Crippen molar-refractivity contribution in [1.29, 1.82) is 0 Å². The molecule has 0 bridgehead atoms.